The zero-order valence-electron chi connectivity index (χ0n) is 13.6. The summed E-state index contributed by atoms with van der Waals surface area (Å²) in [7, 11) is 2.96. The maximum absolute atomic E-state index is 10.0. The molecular formula is C18H20N2O4. The molecule has 0 atom stereocenters. The first-order valence-corrected chi connectivity index (χ1v) is 7.33. The molecule has 2 aromatic rings. The molecule has 0 aliphatic carbocycles. The van der Waals surface area contributed by atoms with Gasteiger partial charge in [-0.3, -0.25) is 4.99 Å². The molecule has 6 heteroatoms. The van der Waals surface area contributed by atoms with Crippen LogP contribution in [0, 0.1) is 5.41 Å². The maximum atomic E-state index is 10.0. The van der Waals surface area contributed by atoms with Crippen LogP contribution in [0.3, 0.4) is 0 Å². The summed E-state index contributed by atoms with van der Waals surface area (Å²) in [5.41, 5.74) is 1.46. The Morgan fingerprint density at radius 3 is 2.33 bits per heavy atom. The van der Waals surface area contributed by atoms with Crippen LogP contribution in [-0.4, -0.2) is 42.9 Å². The number of aromatic hydroxyl groups is 2. The molecule has 0 heterocycles. The summed E-state index contributed by atoms with van der Waals surface area (Å²) >= 11 is 0. The van der Waals surface area contributed by atoms with Gasteiger partial charge in [0, 0.05) is 29.5 Å². The highest BCUT2D eigenvalue weighted by Gasteiger charge is 2.09. The van der Waals surface area contributed by atoms with Crippen LogP contribution >= 0.6 is 0 Å². The van der Waals surface area contributed by atoms with Crippen LogP contribution in [0.2, 0.25) is 0 Å². The van der Waals surface area contributed by atoms with Gasteiger partial charge in [-0.05, 0) is 18.2 Å². The lowest BCUT2D eigenvalue weighted by molar-refractivity contribution is 0.371. The van der Waals surface area contributed by atoms with Crippen LogP contribution in [-0.2, 0) is 6.42 Å². The van der Waals surface area contributed by atoms with E-state index in [0.29, 0.717) is 28.3 Å². The smallest absolute Gasteiger partial charge is 0.166 e. The summed E-state index contributed by atoms with van der Waals surface area (Å²) in [6.45, 7) is 0.160. The van der Waals surface area contributed by atoms with E-state index in [1.54, 1.807) is 36.4 Å². The zero-order valence-corrected chi connectivity index (χ0v) is 13.6. The summed E-state index contributed by atoms with van der Waals surface area (Å²) in [5, 5.41) is 28.0. The molecule has 0 radical (unpaired) electrons. The number of phenolic OH excluding ortho intramolecular Hbond substituents is 2. The molecule has 0 saturated carbocycles. The monoisotopic (exact) mass is 328 g/mol. The summed E-state index contributed by atoms with van der Waals surface area (Å²) in [6.07, 6.45) is 1.77. The normalized spacial score (nSPS) is 10.8. The molecule has 0 aliphatic heterocycles. The molecule has 0 aromatic heterocycles. The minimum atomic E-state index is 0.0146. The number of nitrogens with one attached hydrogen (secondary N) is 1. The van der Waals surface area contributed by atoms with Gasteiger partial charge in [-0.25, -0.2) is 0 Å². The fourth-order valence-electron chi connectivity index (χ4n) is 2.22. The zero-order chi connectivity index (χ0) is 17.5. The second kappa shape index (κ2) is 8.01. The summed E-state index contributed by atoms with van der Waals surface area (Å²) in [4.78, 5) is 4.17. The fourth-order valence-corrected chi connectivity index (χ4v) is 2.22. The Bertz CT molecular complexity index is 757. The minimum absolute atomic E-state index is 0.0146. The molecule has 3 N–H and O–H groups in total. The Labute approximate surface area is 140 Å². The second-order valence-corrected chi connectivity index (χ2v) is 5.12. The standard InChI is InChI=1S/C18H20N2O4/c1-23-15-7-3-5-12(17(15)21)9-14(19)11-20-10-13-6-4-8-16(24-2)18(13)22/h3-8,10,19,21-22H,9,11H2,1-2H3. The van der Waals surface area contributed by atoms with Crippen molar-refractivity contribution in [3.05, 3.63) is 47.5 Å². The highest BCUT2D eigenvalue weighted by molar-refractivity contribution is 5.90. The summed E-state index contributed by atoms with van der Waals surface area (Å²) in [6, 6.07) is 10.3. The SMILES string of the molecule is COc1cccc(C=NCC(=N)Cc2cccc(OC)c2O)c1O. The molecule has 0 saturated heterocycles. The highest BCUT2D eigenvalue weighted by atomic mass is 16.5. The van der Waals surface area contributed by atoms with E-state index < -0.39 is 0 Å². The number of aliphatic imine (C=N–C) groups is 1. The molecule has 0 bridgehead atoms. The van der Waals surface area contributed by atoms with Gasteiger partial charge in [-0.15, -0.1) is 0 Å². The van der Waals surface area contributed by atoms with Crippen LogP contribution in [0.1, 0.15) is 11.1 Å². The number of phenols is 2. The van der Waals surface area contributed by atoms with Crippen molar-refractivity contribution in [3.8, 4) is 23.0 Å². The fraction of sp³-hybridized carbons (Fsp3) is 0.222. The quantitative estimate of drug-likeness (QED) is 0.681. The first-order valence-electron chi connectivity index (χ1n) is 7.33. The van der Waals surface area contributed by atoms with Gasteiger partial charge in [0.2, 0.25) is 0 Å². The van der Waals surface area contributed by atoms with Crippen molar-refractivity contribution in [2.45, 2.75) is 6.42 Å². The summed E-state index contributed by atoms with van der Waals surface area (Å²) in [5.74, 6) is 0.806. The van der Waals surface area contributed by atoms with E-state index in [4.69, 9.17) is 14.9 Å². The molecule has 0 amide bonds. The van der Waals surface area contributed by atoms with Crippen LogP contribution in [0.5, 0.6) is 23.0 Å². The van der Waals surface area contributed by atoms with Crippen molar-refractivity contribution in [2.75, 3.05) is 20.8 Å². The van der Waals surface area contributed by atoms with E-state index >= 15 is 0 Å². The first-order chi connectivity index (χ1) is 11.6. The van der Waals surface area contributed by atoms with Crippen molar-refractivity contribution in [1.29, 1.82) is 5.41 Å². The molecule has 0 aliphatic rings. The van der Waals surface area contributed by atoms with E-state index in [2.05, 4.69) is 4.99 Å². The molecule has 6 nitrogen and oxygen atoms in total. The third kappa shape index (κ3) is 4.04. The van der Waals surface area contributed by atoms with E-state index in [9.17, 15) is 10.2 Å². The molecule has 2 rings (SSSR count). The number of hydrogen-bond donors (Lipinski definition) is 3. The van der Waals surface area contributed by atoms with E-state index in [-0.39, 0.29) is 24.5 Å². The van der Waals surface area contributed by atoms with Gasteiger partial charge in [0.05, 0.1) is 20.8 Å². The predicted octanol–water partition coefficient (Wildman–Crippen LogP) is 2.80. The van der Waals surface area contributed by atoms with E-state index in [1.807, 2.05) is 0 Å². The molecular weight excluding hydrogens is 308 g/mol. The third-order valence-corrected chi connectivity index (χ3v) is 3.47. The molecule has 2 aromatic carbocycles. The number of hydrogen-bond acceptors (Lipinski definition) is 6. The van der Waals surface area contributed by atoms with Gasteiger partial charge >= 0.3 is 0 Å². The number of ether oxygens (including phenoxy) is 2. The van der Waals surface area contributed by atoms with Crippen LogP contribution in [0.15, 0.2) is 41.4 Å². The first kappa shape index (κ1) is 17.3. The Morgan fingerprint density at radius 2 is 1.67 bits per heavy atom. The van der Waals surface area contributed by atoms with E-state index in [1.165, 1.54) is 20.4 Å². The van der Waals surface area contributed by atoms with Crippen molar-refractivity contribution in [3.63, 3.8) is 0 Å². The number of methoxy groups -OCH3 is 2. The van der Waals surface area contributed by atoms with Gasteiger partial charge in [0.25, 0.3) is 0 Å². The van der Waals surface area contributed by atoms with Crippen molar-refractivity contribution >= 4 is 11.9 Å². The second-order valence-electron chi connectivity index (χ2n) is 5.12. The van der Waals surface area contributed by atoms with Crippen molar-refractivity contribution in [1.82, 2.24) is 0 Å². The Balaban J connectivity index is 2.01. The lowest BCUT2D eigenvalue weighted by Crippen LogP contribution is -2.06. The van der Waals surface area contributed by atoms with Crippen molar-refractivity contribution in [2.24, 2.45) is 4.99 Å². The lowest BCUT2D eigenvalue weighted by atomic mass is 10.1. The topological polar surface area (TPSA) is 95.1 Å². The van der Waals surface area contributed by atoms with Crippen LogP contribution in [0.25, 0.3) is 0 Å². The largest absolute Gasteiger partial charge is 0.504 e. The molecule has 0 unspecified atom stereocenters. The number of nitrogens with zero attached hydrogens (tertiary/aromatic N) is 1. The molecule has 0 spiro atoms. The minimum Gasteiger partial charge on any atom is -0.504 e. The lowest BCUT2D eigenvalue weighted by Gasteiger charge is -2.08. The highest BCUT2D eigenvalue weighted by Crippen LogP contribution is 2.30. The van der Waals surface area contributed by atoms with E-state index in [0.717, 1.165) is 0 Å². The average Bonchev–Trinajstić information content (AvgIpc) is 2.58. The average molecular weight is 328 g/mol. The number of rotatable bonds is 7. The maximum Gasteiger partial charge on any atom is 0.166 e. The number of benzene rings is 2. The molecule has 24 heavy (non-hydrogen) atoms. The summed E-state index contributed by atoms with van der Waals surface area (Å²) < 4.78 is 10.1. The Hall–Kier alpha value is -3.02. The van der Waals surface area contributed by atoms with Gasteiger partial charge in [-0.2, -0.15) is 0 Å². The number of para-hydroxylation sites is 2. The predicted molar refractivity (Wildman–Crippen MR) is 93.2 cm³/mol. The van der Waals surface area contributed by atoms with Gasteiger partial charge < -0.3 is 25.1 Å². The van der Waals surface area contributed by atoms with Gasteiger partial charge in [-0.1, -0.05) is 18.2 Å². The van der Waals surface area contributed by atoms with Crippen LogP contribution in [0.4, 0.5) is 0 Å². The van der Waals surface area contributed by atoms with Gasteiger partial charge in [0.1, 0.15) is 0 Å². The van der Waals surface area contributed by atoms with Gasteiger partial charge in [0.15, 0.2) is 23.0 Å². The molecule has 126 valence electrons. The Morgan fingerprint density at radius 1 is 1.04 bits per heavy atom. The Kier molecular flexibility index (Phi) is 5.78. The third-order valence-electron chi connectivity index (χ3n) is 3.47. The van der Waals surface area contributed by atoms with Crippen molar-refractivity contribution < 1.29 is 19.7 Å². The van der Waals surface area contributed by atoms with Crippen LogP contribution < -0.4 is 9.47 Å². The molecule has 0 fully saturated rings.